The van der Waals surface area contributed by atoms with E-state index >= 15 is 0 Å². The van der Waals surface area contributed by atoms with Gasteiger partial charge in [0.2, 0.25) is 6.29 Å². The van der Waals surface area contributed by atoms with E-state index in [4.69, 9.17) is 0 Å². The van der Waals surface area contributed by atoms with Crippen molar-refractivity contribution in [2.75, 3.05) is 7.11 Å². The van der Waals surface area contributed by atoms with Gasteiger partial charge in [0.1, 0.15) is 6.10 Å². The number of benzene rings is 1. The van der Waals surface area contributed by atoms with Crippen LogP contribution in [0.3, 0.4) is 0 Å². The fraction of sp³-hybridized carbons (Fsp3) is 0.300. The van der Waals surface area contributed by atoms with E-state index in [1.54, 1.807) is 0 Å². The van der Waals surface area contributed by atoms with E-state index < -0.39 is 17.8 Å². The minimum absolute atomic E-state index is 0.220. The largest absolute Gasteiger partial charge is 0.416 e. The average molecular weight is 217 g/mol. The van der Waals surface area contributed by atoms with Crippen LogP contribution >= 0.6 is 0 Å². The first-order valence-electron chi connectivity index (χ1n) is 4.07. The van der Waals surface area contributed by atoms with Crippen LogP contribution in [0.15, 0.2) is 24.3 Å². The highest BCUT2D eigenvalue weighted by Gasteiger charge is 2.35. The molecule has 5 heteroatoms. The van der Waals surface area contributed by atoms with E-state index in [2.05, 4.69) is 4.74 Å². The fourth-order valence-electron chi connectivity index (χ4n) is 1.22. The van der Waals surface area contributed by atoms with E-state index in [-0.39, 0.29) is 5.56 Å². The molecule has 0 aliphatic rings. The SMILES string of the molecule is CO[C@H]([C]=O)c1ccccc1C(F)(F)F. The quantitative estimate of drug-likeness (QED) is 0.777. The number of carbonyl (C=O) groups excluding carboxylic acids is 1. The van der Waals surface area contributed by atoms with Gasteiger partial charge in [0.05, 0.1) is 5.56 Å². The first kappa shape index (κ1) is 11.7. The number of ether oxygens (including phenoxy) is 1. The maximum absolute atomic E-state index is 12.5. The van der Waals surface area contributed by atoms with Crippen molar-refractivity contribution in [2.24, 2.45) is 0 Å². The number of hydrogen-bond acceptors (Lipinski definition) is 2. The fourth-order valence-corrected chi connectivity index (χ4v) is 1.22. The molecule has 0 heterocycles. The molecule has 1 radical (unpaired) electrons. The van der Waals surface area contributed by atoms with Gasteiger partial charge in [0.15, 0.2) is 0 Å². The summed E-state index contributed by atoms with van der Waals surface area (Å²) in [6, 6.07) is 4.76. The van der Waals surface area contributed by atoms with Gasteiger partial charge in [0, 0.05) is 12.7 Å². The summed E-state index contributed by atoms with van der Waals surface area (Å²) in [6.07, 6.45) is -4.39. The Hall–Kier alpha value is -1.36. The summed E-state index contributed by atoms with van der Waals surface area (Å²) in [5.74, 6) is 0. The van der Waals surface area contributed by atoms with E-state index in [0.717, 1.165) is 13.2 Å². The maximum Gasteiger partial charge on any atom is 0.416 e. The van der Waals surface area contributed by atoms with Crippen molar-refractivity contribution in [1.82, 2.24) is 0 Å². The van der Waals surface area contributed by atoms with Crippen LogP contribution in [0.1, 0.15) is 17.2 Å². The van der Waals surface area contributed by atoms with Crippen LogP contribution in [0.2, 0.25) is 0 Å². The Kier molecular flexibility index (Phi) is 3.47. The van der Waals surface area contributed by atoms with Crippen molar-refractivity contribution in [3.63, 3.8) is 0 Å². The lowest BCUT2D eigenvalue weighted by atomic mass is 10.0. The van der Waals surface area contributed by atoms with Gasteiger partial charge in [0.25, 0.3) is 0 Å². The van der Waals surface area contributed by atoms with Crippen LogP contribution < -0.4 is 0 Å². The molecule has 0 fully saturated rings. The molecule has 0 saturated carbocycles. The number of alkyl halides is 3. The predicted molar refractivity (Wildman–Crippen MR) is 46.9 cm³/mol. The number of hydrogen-bond donors (Lipinski definition) is 0. The van der Waals surface area contributed by atoms with Crippen LogP contribution in [-0.4, -0.2) is 13.4 Å². The Morgan fingerprint density at radius 1 is 1.33 bits per heavy atom. The summed E-state index contributed by atoms with van der Waals surface area (Å²) in [5, 5.41) is 0. The van der Waals surface area contributed by atoms with Crippen molar-refractivity contribution >= 4 is 6.29 Å². The van der Waals surface area contributed by atoms with Crippen molar-refractivity contribution in [3.8, 4) is 0 Å². The molecule has 0 aliphatic carbocycles. The Bertz CT molecular complexity index is 347. The molecule has 15 heavy (non-hydrogen) atoms. The van der Waals surface area contributed by atoms with Gasteiger partial charge in [-0.2, -0.15) is 13.2 Å². The molecule has 0 amide bonds. The molecule has 0 bridgehead atoms. The minimum atomic E-state index is -4.50. The summed E-state index contributed by atoms with van der Waals surface area (Å²) in [7, 11) is 1.16. The molecule has 0 spiro atoms. The molecule has 0 unspecified atom stereocenters. The van der Waals surface area contributed by atoms with Gasteiger partial charge in [-0.3, -0.25) is 4.79 Å². The van der Waals surface area contributed by atoms with E-state index in [1.165, 1.54) is 24.5 Å². The van der Waals surface area contributed by atoms with Crippen LogP contribution in [0.5, 0.6) is 0 Å². The monoisotopic (exact) mass is 217 g/mol. The van der Waals surface area contributed by atoms with Crippen molar-refractivity contribution < 1.29 is 22.7 Å². The lowest BCUT2D eigenvalue weighted by Crippen LogP contribution is -2.13. The first-order valence-corrected chi connectivity index (χ1v) is 4.07. The van der Waals surface area contributed by atoms with Gasteiger partial charge in [-0.15, -0.1) is 0 Å². The van der Waals surface area contributed by atoms with Crippen LogP contribution in [0.25, 0.3) is 0 Å². The van der Waals surface area contributed by atoms with Gasteiger partial charge >= 0.3 is 6.18 Å². The highest BCUT2D eigenvalue weighted by molar-refractivity contribution is 5.62. The second kappa shape index (κ2) is 4.44. The van der Waals surface area contributed by atoms with E-state index in [1.807, 2.05) is 0 Å². The zero-order valence-electron chi connectivity index (χ0n) is 7.84. The summed E-state index contributed by atoms with van der Waals surface area (Å²) in [4.78, 5) is 10.4. The third-order valence-corrected chi connectivity index (χ3v) is 1.89. The number of rotatable bonds is 3. The summed E-state index contributed by atoms with van der Waals surface area (Å²) in [5.41, 5.74) is -1.09. The van der Waals surface area contributed by atoms with Crippen molar-refractivity contribution in [1.29, 1.82) is 0 Å². The Labute approximate surface area is 84.7 Å². The smallest absolute Gasteiger partial charge is 0.368 e. The van der Waals surface area contributed by atoms with Crippen LogP contribution in [-0.2, 0) is 15.7 Å². The molecule has 0 aliphatic heterocycles. The third-order valence-electron chi connectivity index (χ3n) is 1.89. The molecule has 1 rings (SSSR count). The molecule has 2 nitrogen and oxygen atoms in total. The zero-order valence-corrected chi connectivity index (χ0v) is 7.84. The molecular weight excluding hydrogens is 209 g/mol. The molecule has 0 saturated heterocycles. The molecule has 1 aromatic rings. The highest BCUT2D eigenvalue weighted by atomic mass is 19.4. The lowest BCUT2D eigenvalue weighted by Gasteiger charge is -2.15. The summed E-state index contributed by atoms with van der Waals surface area (Å²) in [6.45, 7) is 0. The minimum Gasteiger partial charge on any atom is -0.368 e. The Balaban J connectivity index is 3.22. The van der Waals surface area contributed by atoms with Gasteiger partial charge in [-0.25, -0.2) is 0 Å². The van der Waals surface area contributed by atoms with Gasteiger partial charge in [-0.05, 0) is 6.07 Å². The second-order valence-corrected chi connectivity index (χ2v) is 2.82. The molecule has 0 aromatic heterocycles. The standard InChI is InChI=1S/C10H8F3O2/c1-15-9(6-14)7-4-2-3-5-8(7)10(11,12)13/h2-5,9H,1H3/t9-/m1/s1. The van der Waals surface area contributed by atoms with Crippen LogP contribution in [0.4, 0.5) is 13.2 Å². The van der Waals surface area contributed by atoms with E-state index in [9.17, 15) is 18.0 Å². The molecular formula is C10H8F3O2. The summed E-state index contributed by atoms with van der Waals surface area (Å²) >= 11 is 0. The van der Waals surface area contributed by atoms with Crippen LogP contribution in [0, 0.1) is 0 Å². The average Bonchev–Trinajstić information content (AvgIpc) is 2.19. The molecule has 1 atom stereocenters. The predicted octanol–water partition coefficient (Wildman–Crippen LogP) is 2.50. The molecule has 1 aromatic carbocycles. The Morgan fingerprint density at radius 3 is 2.40 bits per heavy atom. The normalized spacial score (nSPS) is 13.6. The van der Waals surface area contributed by atoms with Crippen molar-refractivity contribution in [3.05, 3.63) is 35.4 Å². The third kappa shape index (κ3) is 2.56. The summed E-state index contributed by atoms with van der Waals surface area (Å²) < 4.78 is 42.1. The molecule has 81 valence electrons. The topological polar surface area (TPSA) is 26.3 Å². The van der Waals surface area contributed by atoms with Crippen molar-refractivity contribution in [2.45, 2.75) is 12.3 Å². The van der Waals surface area contributed by atoms with Gasteiger partial charge in [-0.1, -0.05) is 18.2 Å². The molecule has 0 N–H and O–H groups in total. The maximum atomic E-state index is 12.5. The number of halogens is 3. The highest BCUT2D eigenvalue weighted by Crippen LogP contribution is 2.34. The number of methoxy groups -OCH3 is 1. The lowest BCUT2D eigenvalue weighted by molar-refractivity contribution is -0.138. The van der Waals surface area contributed by atoms with Gasteiger partial charge < -0.3 is 4.74 Å². The Morgan fingerprint density at radius 2 is 1.93 bits per heavy atom. The zero-order chi connectivity index (χ0) is 11.5. The first-order chi connectivity index (χ1) is 7.00. The van der Waals surface area contributed by atoms with E-state index in [0.29, 0.717) is 0 Å². The second-order valence-electron chi connectivity index (χ2n) is 2.82.